The van der Waals surface area contributed by atoms with Crippen molar-refractivity contribution in [1.29, 1.82) is 0 Å². The molecule has 2 aromatic heterocycles. The summed E-state index contributed by atoms with van der Waals surface area (Å²) in [6.07, 6.45) is 0.493. The number of aromatic nitrogens is 3. The average Bonchev–Trinajstić information content (AvgIpc) is 3.04. The number of amides is 1. The van der Waals surface area contributed by atoms with Crippen LogP contribution in [0.5, 0.6) is 0 Å². The van der Waals surface area contributed by atoms with Gasteiger partial charge in [0.25, 0.3) is 5.91 Å². The zero-order chi connectivity index (χ0) is 22.2. The first-order chi connectivity index (χ1) is 14.7. The third kappa shape index (κ3) is 4.69. The lowest BCUT2D eigenvalue weighted by Crippen LogP contribution is -2.38. The molecule has 0 radical (unpaired) electrons. The highest BCUT2D eigenvalue weighted by Gasteiger charge is 2.32. The Hall–Kier alpha value is -2.61. The van der Waals surface area contributed by atoms with Gasteiger partial charge in [0.05, 0.1) is 21.8 Å². The number of benzene rings is 1. The molecule has 0 saturated heterocycles. The van der Waals surface area contributed by atoms with Crippen molar-refractivity contribution in [1.82, 2.24) is 20.1 Å². The van der Waals surface area contributed by atoms with E-state index in [-0.39, 0.29) is 16.6 Å². The second-order valence-electron chi connectivity index (χ2n) is 8.03. The third-order valence-corrected chi connectivity index (χ3v) is 6.17. The van der Waals surface area contributed by atoms with E-state index in [0.717, 1.165) is 67.2 Å². The van der Waals surface area contributed by atoms with Gasteiger partial charge in [-0.05, 0) is 68.9 Å². The summed E-state index contributed by atoms with van der Waals surface area (Å²) in [5.41, 5.74) is 0.779. The number of carbonyl (C=O) groups excluding carboxylic acids is 1. The topological polar surface area (TPSA) is 59.8 Å². The van der Waals surface area contributed by atoms with Gasteiger partial charge >= 0.3 is 6.18 Å². The predicted octanol–water partition coefficient (Wildman–Crippen LogP) is 5.40. The van der Waals surface area contributed by atoms with Gasteiger partial charge in [0.2, 0.25) is 0 Å². The van der Waals surface area contributed by atoms with Crippen LogP contribution in [-0.2, 0) is 12.7 Å². The normalized spacial score (nSPS) is 19.5. The number of nitrogens with zero attached hydrogens (tertiary/aromatic N) is 3. The van der Waals surface area contributed by atoms with E-state index in [9.17, 15) is 18.0 Å². The van der Waals surface area contributed by atoms with Gasteiger partial charge in [-0.25, -0.2) is 9.67 Å². The summed E-state index contributed by atoms with van der Waals surface area (Å²) in [6.45, 7) is 2.72. The summed E-state index contributed by atoms with van der Waals surface area (Å²) in [7, 11) is 0. The number of halogens is 4. The second kappa shape index (κ2) is 8.49. The van der Waals surface area contributed by atoms with Gasteiger partial charge in [0, 0.05) is 24.2 Å². The molecule has 0 unspecified atom stereocenters. The summed E-state index contributed by atoms with van der Waals surface area (Å²) in [5.74, 6) is -0.174. The van der Waals surface area contributed by atoms with Crippen LogP contribution < -0.4 is 5.32 Å². The molecule has 1 amide bonds. The quantitative estimate of drug-likeness (QED) is 0.579. The number of rotatable bonds is 4. The monoisotopic (exact) mass is 450 g/mol. The molecule has 0 atom stereocenters. The van der Waals surface area contributed by atoms with E-state index in [1.165, 1.54) is 0 Å². The Balaban J connectivity index is 1.37. The molecule has 4 rings (SSSR count). The summed E-state index contributed by atoms with van der Waals surface area (Å²) in [6, 6.07) is 6.60. The molecule has 1 aliphatic carbocycles. The van der Waals surface area contributed by atoms with Crippen molar-refractivity contribution in [2.24, 2.45) is 5.92 Å². The van der Waals surface area contributed by atoms with Crippen LogP contribution in [0.3, 0.4) is 0 Å². The predicted molar refractivity (Wildman–Crippen MR) is 112 cm³/mol. The zero-order valence-corrected chi connectivity index (χ0v) is 17.7. The van der Waals surface area contributed by atoms with E-state index < -0.39 is 17.6 Å². The van der Waals surface area contributed by atoms with Crippen LogP contribution in [0, 0.1) is 12.8 Å². The Kier molecular flexibility index (Phi) is 5.92. The molecule has 0 aliphatic heterocycles. The lowest BCUT2D eigenvalue weighted by molar-refractivity contribution is -0.137. The Morgan fingerprint density at radius 1 is 1.23 bits per heavy atom. The van der Waals surface area contributed by atoms with Crippen LogP contribution in [-0.4, -0.2) is 26.7 Å². The van der Waals surface area contributed by atoms with E-state index in [1.807, 2.05) is 23.7 Å². The lowest BCUT2D eigenvalue weighted by atomic mass is 9.86. The van der Waals surface area contributed by atoms with Gasteiger partial charge in [0.15, 0.2) is 5.65 Å². The van der Waals surface area contributed by atoms with Crippen LogP contribution in [0.25, 0.3) is 11.0 Å². The fourth-order valence-corrected chi connectivity index (χ4v) is 4.37. The van der Waals surface area contributed by atoms with Crippen molar-refractivity contribution < 1.29 is 18.0 Å². The molecule has 1 aliphatic rings. The Labute approximate surface area is 182 Å². The van der Waals surface area contributed by atoms with Gasteiger partial charge in [0.1, 0.15) is 0 Å². The highest BCUT2D eigenvalue weighted by atomic mass is 35.5. The smallest absolute Gasteiger partial charge is 0.349 e. The van der Waals surface area contributed by atoms with Gasteiger partial charge < -0.3 is 5.32 Å². The van der Waals surface area contributed by atoms with E-state index in [2.05, 4.69) is 15.4 Å². The fraction of sp³-hybridized carbons (Fsp3) is 0.409. The van der Waals surface area contributed by atoms with Crippen LogP contribution >= 0.6 is 11.6 Å². The van der Waals surface area contributed by atoms with Crippen LogP contribution in [0.15, 0.2) is 36.5 Å². The molecule has 164 valence electrons. The Morgan fingerprint density at radius 3 is 2.68 bits per heavy atom. The van der Waals surface area contributed by atoms with Crippen LogP contribution in [0.4, 0.5) is 13.2 Å². The first-order valence-electron chi connectivity index (χ1n) is 10.2. The molecular weight excluding hydrogens is 429 g/mol. The maximum Gasteiger partial charge on any atom is 0.416 e. The number of hydrogen-bond acceptors (Lipinski definition) is 3. The molecule has 0 spiro atoms. The summed E-state index contributed by atoms with van der Waals surface area (Å²) in [5, 5.41) is 8.50. The van der Waals surface area contributed by atoms with Gasteiger partial charge in [-0.1, -0.05) is 11.6 Å². The van der Waals surface area contributed by atoms with Gasteiger partial charge in [-0.3, -0.25) is 4.79 Å². The van der Waals surface area contributed by atoms with E-state index in [0.29, 0.717) is 5.92 Å². The van der Waals surface area contributed by atoms with Crippen molar-refractivity contribution in [2.75, 3.05) is 0 Å². The van der Waals surface area contributed by atoms with Crippen molar-refractivity contribution in [2.45, 2.75) is 51.4 Å². The zero-order valence-electron chi connectivity index (χ0n) is 16.9. The van der Waals surface area contributed by atoms with Crippen LogP contribution in [0.2, 0.25) is 5.02 Å². The van der Waals surface area contributed by atoms with Gasteiger partial charge in [-0.2, -0.15) is 18.3 Å². The minimum atomic E-state index is -4.53. The number of alkyl halides is 3. The molecular formula is C22H22ClF3N4O. The number of aryl methyl sites for hydroxylation is 1. The molecule has 1 N–H and O–H groups in total. The summed E-state index contributed by atoms with van der Waals surface area (Å²) in [4.78, 5) is 17.0. The van der Waals surface area contributed by atoms with Crippen molar-refractivity contribution in [3.8, 4) is 0 Å². The maximum atomic E-state index is 13.0. The van der Waals surface area contributed by atoms with Crippen molar-refractivity contribution in [3.05, 3.63) is 58.4 Å². The average molecular weight is 451 g/mol. The molecule has 1 saturated carbocycles. The van der Waals surface area contributed by atoms with Crippen molar-refractivity contribution >= 4 is 28.5 Å². The van der Waals surface area contributed by atoms with E-state index in [1.54, 1.807) is 6.20 Å². The summed E-state index contributed by atoms with van der Waals surface area (Å²) < 4.78 is 40.8. The Morgan fingerprint density at radius 2 is 1.97 bits per heavy atom. The Bertz CT molecular complexity index is 1100. The second-order valence-corrected chi connectivity index (χ2v) is 8.43. The first-order valence-corrected chi connectivity index (χ1v) is 10.6. The van der Waals surface area contributed by atoms with E-state index in [4.69, 9.17) is 11.6 Å². The number of carbonyl (C=O) groups is 1. The largest absolute Gasteiger partial charge is 0.416 e. The van der Waals surface area contributed by atoms with Crippen molar-refractivity contribution in [3.63, 3.8) is 0 Å². The molecule has 0 bridgehead atoms. The number of fused-ring (bicyclic) bond motifs is 1. The van der Waals surface area contributed by atoms with Gasteiger partial charge in [-0.15, -0.1) is 0 Å². The summed E-state index contributed by atoms with van der Waals surface area (Å²) >= 11 is 5.98. The molecule has 9 heteroatoms. The van der Waals surface area contributed by atoms with Crippen LogP contribution in [0.1, 0.15) is 47.3 Å². The molecule has 31 heavy (non-hydrogen) atoms. The molecule has 1 fully saturated rings. The number of hydrogen-bond donors (Lipinski definition) is 1. The minimum absolute atomic E-state index is 0.00705. The van der Waals surface area contributed by atoms with E-state index >= 15 is 0 Å². The standard InChI is InChI=1S/C22H22ClF3N4O/c1-13-17-3-2-10-27-20(17)30(29-13)12-14-4-7-16(8-5-14)28-21(31)18-11-15(22(24,25)26)6-9-19(18)23/h2-3,6,9-11,14,16H,4-5,7-8,12H2,1H3,(H,28,31)/t14-,16-. The minimum Gasteiger partial charge on any atom is -0.349 e. The third-order valence-electron chi connectivity index (χ3n) is 5.84. The highest BCUT2D eigenvalue weighted by molar-refractivity contribution is 6.33. The molecule has 5 nitrogen and oxygen atoms in total. The first kappa shape index (κ1) is 21.6. The highest BCUT2D eigenvalue weighted by Crippen LogP contribution is 2.32. The number of pyridine rings is 1. The molecule has 1 aromatic carbocycles. The molecule has 3 aromatic rings. The fourth-order valence-electron chi connectivity index (χ4n) is 4.17. The maximum absolute atomic E-state index is 13.0. The number of nitrogens with one attached hydrogen (secondary N) is 1. The lowest BCUT2D eigenvalue weighted by Gasteiger charge is -2.29. The SMILES string of the molecule is Cc1nn(C[C@H]2CC[C@H](NC(=O)c3cc(C(F)(F)F)ccc3Cl)CC2)c2ncccc12. The molecule has 2 heterocycles.